The molecular formula is C14H17N3O3. The number of morpholine rings is 1. The molecule has 1 fully saturated rings. The second kappa shape index (κ2) is 5.22. The van der Waals surface area contributed by atoms with Gasteiger partial charge in [0.15, 0.2) is 5.65 Å². The third-order valence-corrected chi connectivity index (χ3v) is 3.51. The van der Waals surface area contributed by atoms with E-state index < -0.39 is 5.97 Å². The van der Waals surface area contributed by atoms with E-state index >= 15 is 0 Å². The molecule has 2 aromatic rings. The highest BCUT2D eigenvalue weighted by Gasteiger charge is 2.18. The number of aromatic nitrogens is 2. The highest BCUT2D eigenvalue weighted by atomic mass is 16.5. The summed E-state index contributed by atoms with van der Waals surface area (Å²) in [5.74, 6) is -0.946. The first-order chi connectivity index (χ1) is 9.63. The number of hydrogen-bond acceptors (Lipinski definition) is 4. The summed E-state index contributed by atoms with van der Waals surface area (Å²) in [6, 6.07) is 1.71. The van der Waals surface area contributed by atoms with Gasteiger partial charge >= 0.3 is 5.97 Å². The third kappa shape index (κ3) is 2.52. The summed E-state index contributed by atoms with van der Waals surface area (Å²) in [5, 5.41) is 9.29. The molecule has 1 N–H and O–H groups in total. The van der Waals surface area contributed by atoms with Crippen LogP contribution in [-0.4, -0.2) is 51.2 Å². The fraction of sp³-hybridized carbons (Fsp3) is 0.429. The van der Waals surface area contributed by atoms with Crippen molar-refractivity contribution in [1.82, 2.24) is 14.3 Å². The molecule has 6 heteroatoms. The lowest BCUT2D eigenvalue weighted by Gasteiger charge is -2.31. The average Bonchev–Trinajstić information content (AvgIpc) is 2.85. The Labute approximate surface area is 116 Å². The summed E-state index contributed by atoms with van der Waals surface area (Å²) >= 11 is 0. The highest BCUT2D eigenvalue weighted by Crippen LogP contribution is 2.15. The number of carboxylic acid groups (broad SMARTS) is 1. The van der Waals surface area contributed by atoms with Crippen LogP contribution in [0.1, 0.15) is 22.8 Å². The van der Waals surface area contributed by atoms with Gasteiger partial charge in [-0.2, -0.15) is 0 Å². The van der Waals surface area contributed by atoms with Crippen molar-refractivity contribution in [2.45, 2.75) is 19.6 Å². The number of rotatable bonds is 3. The maximum Gasteiger partial charge on any atom is 0.339 e. The van der Waals surface area contributed by atoms with E-state index in [1.807, 2.05) is 13.1 Å². The van der Waals surface area contributed by atoms with Gasteiger partial charge in [0.05, 0.1) is 12.7 Å². The molecule has 0 amide bonds. The minimum Gasteiger partial charge on any atom is -0.478 e. The van der Waals surface area contributed by atoms with E-state index in [-0.39, 0.29) is 11.7 Å². The summed E-state index contributed by atoms with van der Waals surface area (Å²) < 4.78 is 7.28. The second-order valence-electron chi connectivity index (χ2n) is 5.14. The predicted octanol–water partition coefficient (Wildman–Crippen LogP) is 1.25. The van der Waals surface area contributed by atoms with E-state index in [0.29, 0.717) is 5.65 Å². The van der Waals surface area contributed by atoms with E-state index in [1.165, 1.54) is 0 Å². The van der Waals surface area contributed by atoms with Crippen LogP contribution in [-0.2, 0) is 11.3 Å². The maximum absolute atomic E-state index is 11.3. The number of imidazole rings is 1. The summed E-state index contributed by atoms with van der Waals surface area (Å²) in [5.41, 5.74) is 1.70. The van der Waals surface area contributed by atoms with Crippen molar-refractivity contribution in [2.75, 3.05) is 19.7 Å². The van der Waals surface area contributed by atoms with Gasteiger partial charge in [0.2, 0.25) is 0 Å². The first kappa shape index (κ1) is 13.1. The Morgan fingerprint density at radius 3 is 3.20 bits per heavy atom. The lowest BCUT2D eigenvalue weighted by molar-refractivity contribution is -0.0212. The van der Waals surface area contributed by atoms with E-state index in [9.17, 15) is 9.90 Å². The van der Waals surface area contributed by atoms with E-state index in [1.54, 1.807) is 22.9 Å². The zero-order chi connectivity index (χ0) is 14.1. The normalized spacial score (nSPS) is 20.4. The van der Waals surface area contributed by atoms with Gasteiger partial charge in [-0.15, -0.1) is 0 Å². The molecular weight excluding hydrogens is 258 g/mol. The van der Waals surface area contributed by atoms with Crippen molar-refractivity contribution < 1.29 is 14.6 Å². The van der Waals surface area contributed by atoms with Gasteiger partial charge in [-0.1, -0.05) is 0 Å². The van der Waals surface area contributed by atoms with Crippen LogP contribution in [0.25, 0.3) is 5.65 Å². The van der Waals surface area contributed by atoms with Gasteiger partial charge in [0.1, 0.15) is 5.56 Å². The molecule has 0 aromatic carbocycles. The first-order valence-corrected chi connectivity index (χ1v) is 6.66. The van der Waals surface area contributed by atoms with Crippen LogP contribution in [0, 0.1) is 0 Å². The molecule has 1 atom stereocenters. The number of ether oxygens (including phenoxy) is 1. The van der Waals surface area contributed by atoms with Crippen LogP contribution in [0.4, 0.5) is 0 Å². The van der Waals surface area contributed by atoms with Crippen molar-refractivity contribution in [3.63, 3.8) is 0 Å². The number of carbonyl (C=O) groups is 1. The Bertz CT molecular complexity index is 638. The van der Waals surface area contributed by atoms with Crippen molar-refractivity contribution in [1.29, 1.82) is 0 Å². The fourth-order valence-electron chi connectivity index (χ4n) is 2.63. The largest absolute Gasteiger partial charge is 0.478 e. The molecule has 3 rings (SSSR count). The summed E-state index contributed by atoms with van der Waals surface area (Å²) in [7, 11) is 0. The molecule has 0 radical (unpaired) electrons. The predicted molar refractivity (Wildman–Crippen MR) is 72.8 cm³/mol. The molecule has 1 saturated heterocycles. The lowest BCUT2D eigenvalue weighted by Crippen LogP contribution is -2.40. The van der Waals surface area contributed by atoms with Crippen molar-refractivity contribution in [3.05, 3.63) is 35.8 Å². The van der Waals surface area contributed by atoms with Gasteiger partial charge in [0, 0.05) is 38.2 Å². The standard InChI is InChI=1S/C14H17N3O3/c1-10-7-16(4-5-20-10)8-11-6-12(14(18)19)13-15-2-3-17(13)9-11/h2-3,6,9-10H,4-5,7-8H2,1H3,(H,18,19)/t10-/m1/s1. The Morgan fingerprint density at radius 1 is 1.60 bits per heavy atom. The molecule has 1 aliphatic heterocycles. The minimum absolute atomic E-state index is 0.222. The Hall–Kier alpha value is -1.92. The molecule has 0 bridgehead atoms. The molecule has 0 saturated carbocycles. The van der Waals surface area contributed by atoms with Gasteiger partial charge < -0.3 is 14.2 Å². The maximum atomic E-state index is 11.3. The van der Waals surface area contributed by atoms with Crippen LogP contribution in [0.3, 0.4) is 0 Å². The molecule has 0 spiro atoms. The zero-order valence-corrected chi connectivity index (χ0v) is 11.3. The van der Waals surface area contributed by atoms with Crippen molar-refractivity contribution in [3.8, 4) is 0 Å². The van der Waals surface area contributed by atoms with E-state index in [2.05, 4.69) is 9.88 Å². The summed E-state index contributed by atoms with van der Waals surface area (Å²) in [6.45, 7) is 5.23. The molecule has 3 heterocycles. The lowest BCUT2D eigenvalue weighted by atomic mass is 10.1. The molecule has 106 valence electrons. The Kier molecular flexibility index (Phi) is 3.42. The average molecular weight is 275 g/mol. The first-order valence-electron chi connectivity index (χ1n) is 6.66. The molecule has 1 aliphatic rings. The Balaban J connectivity index is 1.89. The van der Waals surface area contributed by atoms with Crippen LogP contribution in [0.2, 0.25) is 0 Å². The molecule has 0 aliphatic carbocycles. The number of aromatic carboxylic acids is 1. The Morgan fingerprint density at radius 2 is 2.45 bits per heavy atom. The van der Waals surface area contributed by atoms with Crippen LogP contribution < -0.4 is 0 Å². The van der Waals surface area contributed by atoms with Crippen LogP contribution >= 0.6 is 0 Å². The van der Waals surface area contributed by atoms with Crippen LogP contribution in [0.15, 0.2) is 24.7 Å². The number of fused-ring (bicyclic) bond motifs is 1. The van der Waals surface area contributed by atoms with Crippen molar-refractivity contribution >= 4 is 11.6 Å². The summed E-state index contributed by atoms with van der Waals surface area (Å²) in [6.07, 6.45) is 5.55. The topological polar surface area (TPSA) is 67.1 Å². The van der Waals surface area contributed by atoms with Crippen LogP contribution in [0.5, 0.6) is 0 Å². The van der Waals surface area contributed by atoms with Crippen molar-refractivity contribution in [2.24, 2.45) is 0 Å². The second-order valence-corrected chi connectivity index (χ2v) is 5.14. The van der Waals surface area contributed by atoms with Gasteiger partial charge in [-0.25, -0.2) is 9.78 Å². The van der Waals surface area contributed by atoms with Gasteiger partial charge in [-0.3, -0.25) is 4.90 Å². The summed E-state index contributed by atoms with van der Waals surface area (Å²) in [4.78, 5) is 17.7. The minimum atomic E-state index is -0.946. The van der Waals surface area contributed by atoms with E-state index in [0.717, 1.165) is 31.8 Å². The van der Waals surface area contributed by atoms with Gasteiger partial charge in [-0.05, 0) is 18.6 Å². The monoisotopic (exact) mass is 275 g/mol. The SMILES string of the molecule is C[C@@H]1CN(Cc2cc(C(=O)O)c3nccn3c2)CCO1. The fourth-order valence-corrected chi connectivity index (χ4v) is 2.63. The highest BCUT2D eigenvalue weighted by molar-refractivity contribution is 5.94. The number of hydrogen-bond donors (Lipinski definition) is 1. The molecule has 20 heavy (non-hydrogen) atoms. The molecule has 0 unspecified atom stereocenters. The van der Waals surface area contributed by atoms with E-state index in [4.69, 9.17) is 4.74 Å². The number of carboxylic acids is 1. The number of nitrogens with zero attached hydrogens (tertiary/aromatic N) is 3. The third-order valence-electron chi connectivity index (χ3n) is 3.51. The molecule has 2 aromatic heterocycles. The smallest absolute Gasteiger partial charge is 0.339 e. The van der Waals surface area contributed by atoms with Gasteiger partial charge in [0.25, 0.3) is 0 Å². The molecule has 6 nitrogen and oxygen atoms in total. The quantitative estimate of drug-likeness (QED) is 0.913. The zero-order valence-electron chi connectivity index (χ0n) is 11.3. The number of pyridine rings is 1.